The van der Waals surface area contributed by atoms with E-state index >= 15 is 0 Å². The fourth-order valence-corrected chi connectivity index (χ4v) is 3.23. The zero-order valence-electron chi connectivity index (χ0n) is 10.5. The highest BCUT2D eigenvalue weighted by atomic mass is 32.2. The van der Waals surface area contributed by atoms with Crippen LogP contribution in [-0.2, 0) is 16.4 Å². The van der Waals surface area contributed by atoms with E-state index in [2.05, 4.69) is 33.9 Å². The van der Waals surface area contributed by atoms with Crippen LogP contribution in [0.3, 0.4) is 0 Å². The summed E-state index contributed by atoms with van der Waals surface area (Å²) in [6.45, 7) is 3.18. The molecule has 0 radical (unpaired) electrons. The van der Waals surface area contributed by atoms with Crippen LogP contribution in [0.2, 0.25) is 0 Å². The summed E-state index contributed by atoms with van der Waals surface area (Å²) in [5.74, 6) is 0.245. The Hall–Kier alpha value is -0.910. The summed E-state index contributed by atoms with van der Waals surface area (Å²) in [6.07, 6.45) is 1.73. The molecule has 0 atom stereocenters. The van der Waals surface area contributed by atoms with Gasteiger partial charge in [-0.2, -0.15) is 0 Å². The van der Waals surface area contributed by atoms with Gasteiger partial charge in [0, 0.05) is 19.6 Å². The molecule has 0 aromatic heterocycles. The van der Waals surface area contributed by atoms with Gasteiger partial charge < -0.3 is 4.90 Å². The van der Waals surface area contributed by atoms with Gasteiger partial charge in [-0.25, -0.2) is 13.1 Å². The predicted octanol–water partition coefficient (Wildman–Crippen LogP) is 0.854. The Balaban J connectivity index is 1.80. The third-order valence-electron chi connectivity index (χ3n) is 3.20. The van der Waals surface area contributed by atoms with Gasteiger partial charge in [0.2, 0.25) is 10.0 Å². The third kappa shape index (κ3) is 4.40. The zero-order valence-corrected chi connectivity index (χ0v) is 11.3. The third-order valence-corrected chi connectivity index (χ3v) is 4.67. The minimum atomic E-state index is -3.01. The van der Waals surface area contributed by atoms with Crippen molar-refractivity contribution in [1.82, 2.24) is 9.62 Å². The van der Waals surface area contributed by atoms with Crippen molar-refractivity contribution in [3.63, 3.8) is 0 Å². The molecule has 0 unspecified atom stereocenters. The second-order valence-corrected chi connectivity index (χ2v) is 6.57. The first-order chi connectivity index (χ1) is 8.66. The molecule has 1 aliphatic rings. The molecule has 1 N–H and O–H groups in total. The lowest BCUT2D eigenvalue weighted by Crippen LogP contribution is -2.41. The second kappa shape index (κ2) is 6.31. The largest absolute Gasteiger partial charge is 0.302 e. The van der Waals surface area contributed by atoms with Gasteiger partial charge in [0.15, 0.2) is 0 Å². The first-order valence-corrected chi connectivity index (χ1v) is 8.04. The summed E-state index contributed by atoms with van der Waals surface area (Å²) in [6, 6.07) is 10.4. The SMILES string of the molecule is O=S1(=O)CCCN(CCc2ccccc2)CCN1. The zero-order chi connectivity index (χ0) is 12.8. The van der Waals surface area contributed by atoms with Crippen molar-refractivity contribution >= 4 is 10.0 Å². The molecule has 0 amide bonds. The van der Waals surface area contributed by atoms with Crippen molar-refractivity contribution < 1.29 is 8.42 Å². The van der Waals surface area contributed by atoms with E-state index < -0.39 is 10.0 Å². The standard InChI is InChI=1S/C13H20N2O2S/c16-18(17)12-4-9-15(11-8-14-18)10-7-13-5-2-1-3-6-13/h1-3,5-6,14H,4,7-12H2. The molecule has 1 aromatic carbocycles. The van der Waals surface area contributed by atoms with Crippen LogP contribution in [0.5, 0.6) is 0 Å². The second-order valence-electron chi connectivity index (χ2n) is 4.64. The van der Waals surface area contributed by atoms with Crippen LogP contribution in [0.25, 0.3) is 0 Å². The van der Waals surface area contributed by atoms with Crippen LogP contribution >= 0.6 is 0 Å². The van der Waals surface area contributed by atoms with Gasteiger partial charge in [0.05, 0.1) is 5.75 Å². The van der Waals surface area contributed by atoms with Crippen molar-refractivity contribution in [3.05, 3.63) is 35.9 Å². The summed E-state index contributed by atoms with van der Waals surface area (Å²) in [7, 11) is -3.01. The number of sulfonamides is 1. The van der Waals surface area contributed by atoms with E-state index in [0.29, 0.717) is 13.0 Å². The van der Waals surface area contributed by atoms with Crippen molar-refractivity contribution in [1.29, 1.82) is 0 Å². The van der Waals surface area contributed by atoms with Crippen molar-refractivity contribution in [3.8, 4) is 0 Å². The Labute approximate surface area is 109 Å². The quantitative estimate of drug-likeness (QED) is 0.884. The van der Waals surface area contributed by atoms with Crippen LogP contribution in [0.4, 0.5) is 0 Å². The number of hydrogen-bond donors (Lipinski definition) is 1. The first kappa shape index (κ1) is 13.5. The molecule has 5 heteroatoms. The van der Waals surface area contributed by atoms with Gasteiger partial charge >= 0.3 is 0 Å². The molecule has 0 aliphatic carbocycles. The average Bonchev–Trinajstić information content (AvgIpc) is 2.34. The number of nitrogens with one attached hydrogen (secondary N) is 1. The van der Waals surface area contributed by atoms with E-state index in [1.165, 1.54) is 5.56 Å². The first-order valence-electron chi connectivity index (χ1n) is 6.39. The average molecular weight is 268 g/mol. The monoisotopic (exact) mass is 268 g/mol. The van der Waals surface area contributed by atoms with Gasteiger partial charge in [0.1, 0.15) is 0 Å². The molecule has 1 aromatic rings. The molecule has 0 saturated carbocycles. The van der Waals surface area contributed by atoms with Crippen LogP contribution < -0.4 is 4.72 Å². The molecule has 1 aliphatic heterocycles. The van der Waals surface area contributed by atoms with Crippen molar-refractivity contribution in [2.45, 2.75) is 12.8 Å². The number of nitrogens with zero attached hydrogens (tertiary/aromatic N) is 1. The Kier molecular flexibility index (Phi) is 4.74. The lowest BCUT2D eigenvalue weighted by molar-refractivity contribution is 0.278. The van der Waals surface area contributed by atoms with Gasteiger partial charge in [0.25, 0.3) is 0 Å². The minimum absolute atomic E-state index is 0.245. The molecule has 0 spiro atoms. The number of rotatable bonds is 3. The number of benzene rings is 1. The topological polar surface area (TPSA) is 49.4 Å². The molecular weight excluding hydrogens is 248 g/mol. The van der Waals surface area contributed by atoms with Gasteiger partial charge in [-0.15, -0.1) is 0 Å². The minimum Gasteiger partial charge on any atom is -0.302 e. The van der Waals surface area contributed by atoms with Crippen molar-refractivity contribution in [2.24, 2.45) is 0 Å². The maximum absolute atomic E-state index is 11.4. The molecule has 1 saturated heterocycles. The van der Waals surface area contributed by atoms with Crippen LogP contribution in [0.15, 0.2) is 30.3 Å². The van der Waals surface area contributed by atoms with Crippen LogP contribution in [-0.4, -0.2) is 45.2 Å². The highest BCUT2D eigenvalue weighted by molar-refractivity contribution is 7.89. The summed E-state index contributed by atoms with van der Waals surface area (Å²) in [5, 5.41) is 0. The van der Waals surface area contributed by atoms with E-state index in [1.54, 1.807) is 0 Å². The molecule has 18 heavy (non-hydrogen) atoms. The lowest BCUT2D eigenvalue weighted by Gasteiger charge is -2.24. The molecular formula is C13H20N2O2S. The molecule has 1 fully saturated rings. The van der Waals surface area contributed by atoms with Crippen LogP contribution in [0, 0.1) is 0 Å². The van der Waals surface area contributed by atoms with Crippen LogP contribution in [0.1, 0.15) is 12.0 Å². The molecule has 2 rings (SSSR count). The summed E-state index contributed by atoms with van der Waals surface area (Å²) >= 11 is 0. The van der Waals surface area contributed by atoms with Gasteiger partial charge in [-0.05, 0) is 24.9 Å². The van der Waals surface area contributed by atoms with Gasteiger partial charge in [-0.3, -0.25) is 0 Å². The smallest absolute Gasteiger partial charge is 0.211 e. The van der Waals surface area contributed by atoms with Crippen molar-refractivity contribution in [2.75, 3.05) is 31.9 Å². The highest BCUT2D eigenvalue weighted by Crippen LogP contribution is 2.04. The van der Waals surface area contributed by atoms with E-state index in [4.69, 9.17) is 0 Å². The maximum atomic E-state index is 11.4. The molecule has 4 nitrogen and oxygen atoms in total. The normalized spacial score (nSPS) is 21.1. The maximum Gasteiger partial charge on any atom is 0.211 e. The Morgan fingerprint density at radius 3 is 2.72 bits per heavy atom. The predicted molar refractivity (Wildman–Crippen MR) is 73.0 cm³/mol. The molecule has 1 heterocycles. The Morgan fingerprint density at radius 2 is 1.94 bits per heavy atom. The van der Waals surface area contributed by atoms with E-state index in [9.17, 15) is 8.42 Å². The van der Waals surface area contributed by atoms with E-state index in [1.807, 2.05) is 6.07 Å². The highest BCUT2D eigenvalue weighted by Gasteiger charge is 2.15. The Morgan fingerprint density at radius 1 is 1.17 bits per heavy atom. The Bertz CT molecular complexity index is 443. The number of hydrogen-bond acceptors (Lipinski definition) is 3. The fraction of sp³-hybridized carbons (Fsp3) is 0.538. The van der Waals surface area contributed by atoms with Gasteiger partial charge in [-0.1, -0.05) is 30.3 Å². The lowest BCUT2D eigenvalue weighted by atomic mass is 10.1. The summed E-state index contributed by atoms with van der Waals surface area (Å²) in [4.78, 5) is 2.33. The fourth-order valence-electron chi connectivity index (χ4n) is 2.18. The molecule has 0 bridgehead atoms. The summed E-state index contributed by atoms with van der Waals surface area (Å²) < 4.78 is 25.4. The van der Waals surface area contributed by atoms with E-state index in [0.717, 1.165) is 26.1 Å². The van der Waals surface area contributed by atoms with E-state index in [-0.39, 0.29) is 5.75 Å². The summed E-state index contributed by atoms with van der Waals surface area (Å²) in [5.41, 5.74) is 1.33. The molecule has 100 valence electrons.